The van der Waals surface area contributed by atoms with E-state index in [1.54, 1.807) is 0 Å². The summed E-state index contributed by atoms with van der Waals surface area (Å²) in [6.07, 6.45) is 9.58. The fourth-order valence-electron chi connectivity index (χ4n) is 3.93. The number of aryl methyl sites for hydroxylation is 1. The SMILES string of the molecule is CCNC(=NCCCOCC1CCOCC1)NC1CCCN(c2cnn(C)c2)C1.I. The lowest BCUT2D eigenvalue weighted by atomic mass is 10.0. The Kier molecular flexibility index (Phi) is 11.8. The molecule has 2 aliphatic heterocycles. The minimum Gasteiger partial charge on any atom is -0.381 e. The number of aromatic nitrogens is 2. The smallest absolute Gasteiger partial charge is 0.191 e. The molecule has 2 fully saturated rings. The van der Waals surface area contributed by atoms with Gasteiger partial charge in [0.05, 0.1) is 11.9 Å². The van der Waals surface area contributed by atoms with Gasteiger partial charge in [-0.15, -0.1) is 24.0 Å². The van der Waals surface area contributed by atoms with Crippen LogP contribution in [0, 0.1) is 5.92 Å². The van der Waals surface area contributed by atoms with Crippen molar-refractivity contribution >= 4 is 35.6 Å². The van der Waals surface area contributed by atoms with Crippen LogP contribution in [0.4, 0.5) is 5.69 Å². The summed E-state index contributed by atoms with van der Waals surface area (Å²) in [7, 11) is 1.96. The van der Waals surface area contributed by atoms with Crippen LogP contribution >= 0.6 is 24.0 Å². The van der Waals surface area contributed by atoms with Gasteiger partial charge < -0.3 is 25.0 Å². The second-order valence-corrected chi connectivity index (χ2v) is 8.05. The zero-order chi connectivity index (χ0) is 20.3. The van der Waals surface area contributed by atoms with Crippen LogP contribution in [0.2, 0.25) is 0 Å². The highest BCUT2D eigenvalue weighted by Gasteiger charge is 2.21. The number of halogens is 1. The Hall–Kier alpha value is -1.07. The summed E-state index contributed by atoms with van der Waals surface area (Å²) in [6.45, 7) is 9.22. The van der Waals surface area contributed by atoms with Gasteiger partial charge in [0.1, 0.15) is 0 Å². The summed E-state index contributed by atoms with van der Waals surface area (Å²) in [5.41, 5.74) is 1.20. The van der Waals surface area contributed by atoms with Crippen molar-refractivity contribution in [2.45, 2.75) is 45.1 Å². The van der Waals surface area contributed by atoms with Gasteiger partial charge in [0.25, 0.3) is 0 Å². The molecule has 0 amide bonds. The van der Waals surface area contributed by atoms with E-state index in [0.29, 0.717) is 12.0 Å². The number of ether oxygens (including phenoxy) is 2. The molecule has 8 nitrogen and oxygen atoms in total. The van der Waals surface area contributed by atoms with Gasteiger partial charge in [-0.1, -0.05) is 0 Å². The number of guanidine groups is 1. The van der Waals surface area contributed by atoms with Crippen molar-refractivity contribution < 1.29 is 9.47 Å². The lowest BCUT2D eigenvalue weighted by Crippen LogP contribution is -2.51. The van der Waals surface area contributed by atoms with Crippen LogP contribution in [0.1, 0.15) is 39.0 Å². The minimum absolute atomic E-state index is 0. The van der Waals surface area contributed by atoms with Crippen LogP contribution in [0.5, 0.6) is 0 Å². The monoisotopic (exact) mass is 534 g/mol. The molecular formula is C21H39IN6O2. The van der Waals surface area contributed by atoms with E-state index in [2.05, 4.69) is 33.8 Å². The summed E-state index contributed by atoms with van der Waals surface area (Å²) < 4.78 is 13.1. The number of hydrogen-bond donors (Lipinski definition) is 2. The zero-order valence-electron chi connectivity index (χ0n) is 18.5. The van der Waals surface area contributed by atoms with E-state index in [-0.39, 0.29) is 24.0 Å². The molecule has 3 rings (SSSR count). The largest absolute Gasteiger partial charge is 0.381 e. The third-order valence-corrected chi connectivity index (χ3v) is 5.57. The van der Waals surface area contributed by atoms with Crippen molar-refractivity contribution in [1.82, 2.24) is 20.4 Å². The quantitative estimate of drug-likeness (QED) is 0.220. The van der Waals surface area contributed by atoms with E-state index >= 15 is 0 Å². The number of piperidine rings is 1. The van der Waals surface area contributed by atoms with Crippen molar-refractivity contribution in [3.05, 3.63) is 12.4 Å². The van der Waals surface area contributed by atoms with E-state index in [0.717, 1.165) is 84.2 Å². The average molecular weight is 534 g/mol. The summed E-state index contributed by atoms with van der Waals surface area (Å²) in [4.78, 5) is 7.16. The molecule has 0 radical (unpaired) electrons. The second kappa shape index (κ2) is 14.1. The summed E-state index contributed by atoms with van der Waals surface area (Å²) in [5, 5.41) is 11.3. The van der Waals surface area contributed by atoms with Crippen molar-refractivity contribution in [2.75, 3.05) is 57.5 Å². The van der Waals surface area contributed by atoms with E-state index in [9.17, 15) is 0 Å². The molecule has 0 saturated carbocycles. The fourth-order valence-corrected chi connectivity index (χ4v) is 3.93. The first-order valence-corrected chi connectivity index (χ1v) is 11.2. The zero-order valence-corrected chi connectivity index (χ0v) is 20.8. The van der Waals surface area contributed by atoms with E-state index in [1.165, 1.54) is 12.1 Å². The standard InChI is InChI=1S/C21H38N6O2.HI/c1-3-22-21(23-9-5-11-29-17-18-7-12-28-13-8-18)25-19-6-4-10-27(15-19)20-14-24-26(2)16-20;/h14,16,18-19H,3-13,15,17H2,1-2H3,(H2,22,23,25);1H. The van der Waals surface area contributed by atoms with Gasteiger partial charge in [0.15, 0.2) is 5.96 Å². The van der Waals surface area contributed by atoms with Gasteiger partial charge in [0.2, 0.25) is 0 Å². The van der Waals surface area contributed by atoms with Crippen LogP contribution in [0.3, 0.4) is 0 Å². The van der Waals surface area contributed by atoms with Crippen LogP contribution in [-0.4, -0.2) is 74.4 Å². The van der Waals surface area contributed by atoms with Crippen LogP contribution in [0.15, 0.2) is 17.4 Å². The fraction of sp³-hybridized carbons (Fsp3) is 0.810. The Labute approximate surface area is 198 Å². The molecule has 1 aromatic heterocycles. The molecule has 0 aliphatic carbocycles. The third-order valence-electron chi connectivity index (χ3n) is 5.57. The summed E-state index contributed by atoms with van der Waals surface area (Å²) in [6, 6.07) is 0.395. The molecule has 1 unspecified atom stereocenters. The highest BCUT2D eigenvalue weighted by Crippen LogP contribution is 2.19. The Morgan fingerprint density at radius 2 is 2.17 bits per heavy atom. The number of nitrogens with zero attached hydrogens (tertiary/aromatic N) is 4. The van der Waals surface area contributed by atoms with Gasteiger partial charge in [-0.2, -0.15) is 5.10 Å². The number of rotatable bonds is 9. The lowest BCUT2D eigenvalue weighted by molar-refractivity contribution is 0.0205. The average Bonchev–Trinajstić information content (AvgIpc) is 3.18. The van der Waals surface area contributed by atoms with Crippen molar-refractivity contribution in [1.29, 1.82) is 0 Å². The van der Waals surface area contributed by atoms with E-state index < -0.39 is 0 Å². The molecule has 1 aromatic rings. The van der Waals surface area contributed by atoms with Crippen molar-refractivity contribution in [2.24, 2.45) is 18.0 Å². The summed E-state index contributed by atoms with van der Waals surface area (Å²) >= 11 is 0. The molecule has 0 aromatic carbocycles. The van der Waals surface area contributed by atoms with Crippen LogP contribution < -0.4 is 15.5 Å². The van der Waals surface area contributed by atoms with Gasteiger partial charge in [-0.3, -0.25) is 9.67 Å². The van der Waals surface area contributed by atoms with E-state index in [4.69, 9.17) is 14.5 Å². The maximum Gasteiger partial charge on any atom is 0.191 e. The maximum atomic E-state index is 5.85. The topological polar surface area (TPSA) is 75.9 Å². The highest BCUT2D eigenvalue weighted by atomic mass is 127. The molecule has 30 heavy (non-hydrogen) atoms. The Balaban J connectivity index is 0.00000320. The van der Waals surface area contributed by atoms with Crippen LogP contribution in [-0.2, 0) is 16.5 Å². The Bertz CT molecular complexity index is 620. The number of anilines is 1. The predicted octanol–water partition coefficient (Wildman–Crippen LogP) is 2.40. The highest BCUT2D eigenvalue weighted by molar-refractivity contribution is 14.0. The molecule has 2 aliphatic rings. The third kappa shape index (κ3) is 8.58. The normalized spacial score (nSPS) is 20.7. The van der Waals surface area contributed by atoms with Gasteiger partial charge in [-0.05, 0) is 44.9 Å². The molecule has 0 spiro atoms. The Morgan fingerprint density at radius 3 is 2.90 bits per heavy atom. The number of hydrogen-bond acceptors (Lipinski definition) is 5. The molecule has 0 bridgehead atoms. The molecular weight excluding hydrogens is 495 g/mol. The summed E-state index contributed by atoms with van der Waals surface area (Å²) in [5.74, 6) is 1.58. The molecule has 2 saturated heterocycles. The first kappa shape index (κ1) is 25.2. The molecule has 9 heteroatoms. The first-order chi connectivity index (χ1) is 14.2. The number of nitrogens with one attached hydrogen (secondary N) is 2. The molecule has 172 valence electrons. The molecule has 1 atom stereocenters. The maximum absolute atomic E-state index is 5.85. The van der Waals surface area contributed by atoms with Crippen molar-refractivity contribution in [3.8, 4) is 0 Å². The Morgan fingerprint density at radius 1 is 1.33 bits per heavy atom. The molecule has 3 heterocycles. The second-order valence-electron chi connectivity index (χ2n) is 8.05. The van der Waals surface area contributed by atoms with Crippen LogP contribution in [0.25, 0.3) is 0 Å². The first-order valence-electron chi connectivity index (χ1n) is 11.2. The van der Waals surface area contributed by atoms with Gasteiger partial charge in [-0.25, -0.2) is 0 Å². The number of aliphatic imine (C=N–C) groups is 1. The predicted molar refractivity (Wildman–Crippen MR) is 132 cm³/mol. The lowest BCUT2D eigenvalue weighted by Gasteiger charge is -2.34. The van der Waals surface area contributed by atoms with Gasteiger partial charge >= 0.3 is 0 Å². The molecule has 2 N–H and O–H groups in total. The van der Waals surface area contributed by atoms with Gasteiger partial charge in [0, 0.05) is 71.9 Å². The van der Waals surface area contributed by atoms with Crippen molar-refractivity contribution in [3.63, 3.8) is 0 Å². The van der Waals surface area contributed by atoms with E-state index in [1.807, 2.05) is 17.9 Å². The minimum atomic E-state index is 0.